The molecule has 3 N–H and O–H groups in total. The second kappa shape index (κ2) is 5.40. The molecule has 1 amide bonds. The number of nitrogens with zero attached hydrogens (tertiary/aromatic N) is 1. The third-order valence-corrected chi connectivity index (χ3v) is 2.91. The number of hydrogen-bond donors (Lipinski definition) is 2. The molecule has 90 valence electrons. The number of sulfonamides is 1. The Morgan fingerprint density at radius 1 is 1.41 bits per heavy atom. The van der Waals surface area contributed by atoms with E-state index in [9.17, 15) is 13.2 Å². The highest BCUT2D eigenvalue weighted by Crippen LogP contribution is 2.09. The molecule has 1 aromatic rings. The number of nitrogens with one attached hydrogen (secondary N) is 1. The van der Waals surface area contributed by atoms with Crippen LogP contribution in [0.1, 0.15) is 5.56 Å². The predicted octanol–water partition coefficient (Wildman–Crippen LogP) is -0.747. The molecule has 0 aromatic heterocycles. The lowest BCUT2D eigenvalue weighted by Gasteiger charge is -2.05. The maximum absolute atomic E-state index is 11.5. The van der Waals surface area contributed by atoms with Gasteiger partial charge in [0.1, 0.15) is 6.61 Å². The van der Waals surface area contributed by atoms with Gasteiger partial charge in [-0.15, -0.1) is 0 Å². The topological polar surface area (TPSA) is 122 Å². The van der Waals surface area contributed by atoms with Gasteiger partial charge in [-0.05, 0) is 24.3 Å². The molecule has 0 radical (unpaired) electrons. The Bertz CT molecular complexity index is 545. The maximum atomic E-state index is 11.5. The first-order chi connectivity index (χ1) is 7.95. The zero-order valence-electron chi connectivity index (χ0n) is 8.58. The molecule has 0 atom stereocenters. The van der Waals surface area contributed by atoms with Crippen molar-refractivity contribution in [3.8, 4) is 6.07 Å². The average molecular weight is 255 g/mol. The number of carbonyl (C=O) groups is 1. The van der Waals surface area contributed by atoms with Crippen molar-refractivity contribution in [1.29, 1.82) is 5.26 Å². The van der Waals surface area contributed by atoms with Crippen molar-refractivity contribution in [2.75, 3.05) is 6.61 Å². The van der Waals surface area contributed by atoms with Crippen LogP contribution in [-0.2, 0) is 19.7 Å². The molecule has 0 bridgehead atoms. The summed E-state index contributed by atoms with van der Waals surface area (Å²) in [6.07, 6.45) is 0. The monoisotopic (exact) mass is 255 g/mol. The Morgan fingerprint density at radius 3 is 2.47 bits per heavy atom. The van der Waals surface area contributed by atoms with Crippen molar-refractivity contribution in [1.82, 2.24) is 4.89 Å². The summed E-state index contributed by atoms with van der Waals surface area (Å²) in [4.78, 5) is 16.4. The van der Waals surface area contributed by atoms with Crippen LogP contribution in [0.4, 0.5) is 0 Å². The Morgan fingerprint density at radius 2 is 2.00 bits per heavy atom. The minimum atomic E-state index is -3.87. The van der Waals surface area contributed by atoms with Gasteiger partial charge in [0.15, 0.2) is 0 Å². The molecule has 7 nitrogen and oxygen atoms in total. The summed E-state index contributed by atoms with van der Waals surface area (Å²) in [5.41, 5.74) is 5.10. The van der Waals surface area contributed by atoms with E-state index in [4.69, 9.17) is 11.0 Å². The van der Waals surface area contributed by atoms with Crippen molar-refractivity contribution in [2.45, 2.75) is 4.90 Å². The molecule has 0 saturated carbocycles. The maximum Gasteiger partial charge on any atom is 0.262 e. The summed E-state index contributed by atoms with van der Waals surface area (Å²) in [6.45, 7) is -0.560. The molecule has 0 aliphatic carbocycles. The molecular weight excluding hydrogens is 246 g/mol. The normalized spacial score (nSPS) is 10.8. The zero-order valence-corrected chi connectivity index (χ0v) is 9.40. The molecule has 0 unspecified atom stereocenters. The van der Waals surface area contributed by atoms with E-state index in [1.165, 1.54) is 24.3 Å². The summed E-state index contributed by atoms with van der Waals surface area (Å²) in [5, 5.41) is 8.54. The third kappa shape index (κ3) is 3.84. The van der Waals surface area contributed by atoms with Crippen LogP contribution in [0.2, 0.25) is 0 Å². The van der Waals surface area contributed by atoms with Crippen LogP contribution in [-0.4, -0.2) is 20.9 Å². The summed E-state index contributed by atoms with van der Waals surface area (Å²) in [7, 11) is -3.87. The molecule has 17 heavy (non-hydrogen) atoms. The minimum absolute atomic E-state index is 0.0824. The van der Waals surface area contributed by atoms with Gasteiger partial charge in [0.05, 0.1) is 16.5 Å². The van der Waals surface area contributed by atoms with E-state index in [-0.39, 0.29) is 4.90 Å². The number of carbonyl (C=O) groups excluding carboxylic acids is 1. The standard InChI is InChI=1S/C9H9N3O4S/c10-5-7-1-3-8(4-2-7)17(14,15)12-16-6-9(11)13/h1-4,12H,6H2,(H2,11,13). The van der Waals surface area contributed by atoms with E-state index in [1.807, 2.05) is 6.07 Å². The molecule has 8 heteroatoms. The first kappa shape index (κ1) is 13.1. The van der Waals surface area contributed by atoms with Crippen LogP contribution < -0.4 is 10.6 Å². The molecule has 0 fully saturated rings. The third-order valence-electron chi connectivity index (χ3n) is 1.68. The summed E-state index contributed by atoms with van der Waals surface area (Å²) in [6, 6.07) is 7.04. The Balaban J connectivity index is 2.76. The highest BCUT2D eigenvalue weighted by molar-refractivity contribution is 7.89. The summed E-state index contributed by atoms with van der Waals surface area (Å²) >= 11 is 0. The zero-order chi connectivity index (χ0) is 12.9. The largest absolute Gasteiger partial charge is 0.368 e. The number of primary amides is 1. The van der Waals surface area contributed by atoms with Gasteiger partial charge in [-0.1, -0.05) is 4.89 Å². The van der Waals surface area contributed by atoms with Gasteiger partial charge in [-0.25, -0.2) is 8.42 Å². The van der Waals surface area contributed by atoms with Gasteiger partial charge in [-0.2, -0.15) is 5.26 Å². The highest BCUT2D eigenvalue weighted by Gasteiger charge is 2.14. The second-order valence-corrected chi connectivity index (χ2v) is 4.62. The first-order valence-corrected chi connectivity index (χ1v) is 5.86. The highest BCUT2D eigenvalue weighted by atomic mass is 32.2. The van der Waals surface area contributed by atoms with Crippen molar-refractivity contribution >= 4 is 15.9 Å². The fourth-order valence-electron chi connectivity index (χ4n) is 0.935. The molecule has 0 spiro atoms. The molecule has 0 saturated heterocycles. The molecular formula is C9H9N3O4S. The van der Waals surface area contributed by atoms with Gasteiger partial charge < -0.3 is 5.73 Å². The van der Waals surface area contributed by atoms with Crippen LogP contribution in [0.3, 0.4) is 0 Å². The van der Waals surface area contributed by atoms with Crippen molar-refractivity contribution < 1.29 is 18.0 Å². The Labute approximate surface area is 97.8 Å². The number of nitrogens with two attached hydrogens (primary N) is 1. The van der Waals surface area contributed by atoms with Crippen LogP contribution in [0.25, 0.3) is 0 Å². The number of benzene rings is 1. The van der Waals surface area contributed by atoms with Gasteiger partial charge in [0, 0.05) is 0 Å². The number of hydrogen-bond acceptors (Lipinski definition) is 5. The van der Waals surface area contributed by atoms with E-state index in [0.29, 0.717) is 5.56 Å². The molecule has 1 rings (SSSR count). The fraction of sp³-hybridized carbons (Fsp3) is 0.111. The van der Waals surface area contributed by atoms with Crippen molar-refractivity contribution in [3.63, 3.8) is 0 Å². The molecule has 0 aliphatic rings. The first-order valence-electron chi connectivity index (χ1n) is 4.38. The van der Waals surface area contributed by atoms with Crippen molar-refractivity contribution in [2.24, 2.45) is 5.73 Å². The lowest BCUT2D eigenvalue weighted by molar-refractivity contribution is -0.123. The smallest absolute Gasteiger partial charge is 0.262 e. The van der Waals surface area contributed by atoms with Crippen molar-refractivity contribution in [3.05, 3.63) is 29.8 Å². The van der Waals surface area contributed by atoms with Gasteiger partial charge in [0.25, 0.3) is 10.0 Å². The van der Waals surface area contributed by atoms with Crippen LogP contribution in [0.5, 0.6) is 0 Å². The Kier molecular flexibility index (Phi) is 4.17. The van der Waals surface area contributed by atoms with Gasteiger partial charge in [0.2, 0.25) is 5.91 Å². The lowest BCUT2D eigenvalue weighted by Crippen LogP contribution is -2.29. The van der Waals surface area contributed by atoms with E-state index < -0.39 is 22.5 Å². The summed E-state index contributed by atoms with van der Waals surface area (Å²) < 4.78 is 23.1. The van der Waals surface area contributed by atoms with E-state index in [1.54, 1.807) is 4.89 Å². The van der Waals surface area contributed by atoms with E-state index >= 15 is 0 Å². The average Bonchev–Trinajstić information content (AvgIpc) is 2.28. The minimum Gasteiger partial charge on any atom is -0.368 e. The van der Waals surface area contributed by atoms with Crippen LogP contribution in [0.15, 0.2) is 29.2 Å². The molecule has 1 aromatic carbocycles. The predicted molar refractivity (Wildman–Crippen MR) is 56.6 cm³/mol. The summed E-state index contributed by atoms with van der Waals surface area (Å²) in [5.74, 6) is -0.799. The number of nitriles is 1. The van der Waals surface area contributed by atoms with Crippen LogP contribution in [0, 0.1) is 11.3 Å². The van der Waals surface area contributed by atoms with E-state index in [0.717, 1.165) is 0 Å². The fourth-order valence-corrected chi connectivity index (χ4v) is 1.74. The molecule has 0 aliphatic heterocycles. The number of amides is 1. The number of rotatable bonds is 5. The second-order valence-electron chi connectivity index (χ2n) is 2.98. The van der Waals surface area contributed by atoms with Gasteiger partial charge >= 0.3 is 0 Å². The van der Waals surface area contributed by atoms with Gasteiger partial charge in [-0.3, -0.25) is 9.63 Å². The lowest BCUT2D eigenvalue weighted by atomic mass is 10.2. The Hall–Kier alpha value is -1.95. The van der Waals surface area contributed by atoms with E-state index in [2.05, 4.69) is 4.84 Å². The molecule has 0 heterocycles. The quantitative estimate of drug-likeness (QED) is 0.670. The van der Waals surface area contributed by atoms with Crippen LogP contribution >= 0.6 is 0 Å². The SMILES string of the molecule is N#Cc1ccc(S(=O)(=O)NOCC(N)=O)cc1.